The Morgan fingerprint density at radius 1 is 1.07 bits per heavy atom. The molecule has 3 aromatic rings. The summed E-state index contributed by atoms with van der Waals surface area (Å²) in [6, 6.07) is 14.9. The third-order valence-electron chi connectivity index (χ3n) is 5.55. The number of benzene rings is 2. The van der Waals surface area contributed by atoms with Crippen molar-refractivity contribution in [1.29, 1.82) is 0 Å². The van der Waals surface area contributed by atoms with Crippen LogP contribution in [-0.2, 0) is 20.3 Å². The molecule has 1 aromatic heterocycles. The number of hydrogen-bond acceptors (Lipinski definition) is 5. The summed E-state index contributed by atoms with van der Waals surface area (Å²) in [6.45, 7) is 3.73. The number of para-hydroxylation sites is 1. The van der Waals surface area contributed by atoms with Gasteiger partial charge in [0.25, 0.3) is 5.91 Å². The van der Waals surface area contributed by atoms with Crippen molar-refractivity contribution in [2.75, 3.05) is 26.3 Å². The summed E-state index contributed by atoms with van der Waals surface area (Å²) in [5, 5.41) is 4.64. The Bertz CT molecular complexity index is 1240. The van der Waals surface area contributed by atoms with E-state index in [0.717, 1.165) is 11.3 Å². The van der Waals surface area contributed by atoms with Gasteiger partial charge in [0.2, 0.25) is 0 Å². The number of aromatic nitrogens is 2. The predicted molar refractivity (Wildman–Crippen MR) is 111 cm³/mol. The molecular weight excluding hydrogens is 402 g/mol. The Labute approximate surface area is 174 Å². The van der Waals surface area contributed by atoms with Crippen LogP contribution in [0.2, 0.25) is 0 Å². The van der Waals surface area contributed by atoms with E-state index in [1.165, 1.54) is 0 Å². The Hall–Kier alpha value is -2.97. The Balaban J connectivity index is 1.76. The SMILES string of the molecule is Cc1ccc2c(c1)S(=O)(=O)Cc1c(C(=O)N3CCOCC3)nn(-c3ccccc3)c1-2. The minimum Gasteiger partial charge on any atom is -0.378 e. The number of sulfone groups is 1. The van der Waals surface area contributed by atoms with Gasteiger partial charge in [-0.3, -0.25) is 4.79 Å². The van der Waals surface area contributed by atoms with Crippen molar-refractivity contribution in [1.82, 2.24) is 14.7 Å². The van der Waals surface area contributed by atoms with Gasteiger partial charge in [0.15, 0.2) is 15.5 Å². The van der Waals surface area contributed by atoms with Crippen LogP contribution >= 0.6 is 0 Å². The fourth-order valence-electron chi connectivity index (χ4n) is 4.06. The zero-order chi connectivity index (χ0) is 20.9. The van der Waals surface area contributed by atoms with E-state index in [9.17, 15) is 13.2 Å². The molecule has 0 atom stereocenters. The van der Waals surface area contributed by atoms with Crippen molar-refractivity contribution in [2.24, 2.45) is 0 Å². The second-order valence-electron chi connectivity index (χ2n) is 7.59. The highest BCUT2D eigenvalue weighted by Gasteiger charge is 2.37. The molecule has 0 radical (unpaired) electrons. The summed E-state index contributed by atoms with van der Waals surface area (Å²) >= 11 is 0. The van der Waals surface area contributed by atoms with E-state index in [1.807, 2.05) is 49.4 Å². The Kier molecular flexibility index (Phi) is 4.48. The Morgan fingerprint density at radius 2 is 1.80 bits per heavy atom. The van der Waals surface area contributed by atoms with Crippen LogP contribution in [0.15, 0.2) is 53.4 Å². The quantitative estimate of drug-likeness (QED) is 0.633. The average Bonchev–Trinajstić information content (AvgIpc) is 3.13. The molecule has 1 fully saturated rings. The number of morpholine rings is 1. The first-order valence-electron chi connectivity index (χ1n) is 9.84. The lowest BCUT2D eigenvalue weighted by molar-refractivity contribution is 0.0298. The standard InChI is InChI=1S/C22H21N3O4S/c1-15-7-8-17-19(13-15)30(27,28)14-18-20(22(26)24-9-11-29-12-10-24)23-25(21(17)18)16-5-3-2-4-6-16/h2-8,13H,9-12,14H2,1H3. The third kappa shape index (κ3) is 3.03. The molecule has 3 heterocycles. The van der Waals surface area contributed by atoms with Crippen LogP contribution < -0.4 is 0 Å². The predicted octanol–water partition coefficient (Wildman–Crippen LogP) is 2.61. The number of amides is 1. The lowest BCUT2D eigenvalue weighted by atomic mass is 10.0. The van der Waals surface area contributed by atoms with E-state index in [2.05, 4.69) is 5.10 Å². The summed E-state index contributed by atoms with van der Waals surface area (Å²) in [4.78, 5) is 15.3. The molecule has 154 valence electrons. The fourth-order valence-corrected chi connectivity index (χ4v) is 5.73. The molecule has 1 saturated heterocycles. The molecule has 7 nitrogen and oxygen atoms in total. The van der Waals surface area contributed by atoms with Gasteiger partial charge in [-0.2, -0.15) is 5.10 Å². The van der Waals surface area contributed by atoms with Gasteiger partial charge in [-0.25, -0.2) is 13.1 Å². The highest BCUT2D eigenvalue weighted by molar-refractivity contribution is 7.90. The highest BCUT2D eigenvalue weighted by Crippen LogP contribution is 2.41. The molecule has 30 heavy (non-hydrogen) atoms. The lowest BCUT2D eigenvalue weighted by Gasteiger charge is -2.26. The fraction of sp³-hybridized carbons (Fsp3) is 0.273. The topological polar surface area (TPSA) is 81.5 Å². The van der Waals surface area contributed by atoms with Gasteiger partial charge in [-0.05, 0) is 30.7 Å². The van der Waals surface area contributed by atoms with Crippen LogP contribution in [0.25, 0.3) is 16.9 Å². The first-order valence-corrected chi connectivity index (χ1v) is 11.5. The number of fused-ring (bicyclic) bond motifs is 3. The molecule has 2 aliphatic heterocycles. The number of rotatable bonds is 2. The van der Waals surface area contributed by atoms with E-state index in [0.29, 0.717) is 43.1 Å². The van der Waals surface area contributed by atoms with E-state index in [4.69, 9.17) is 4.74 Å². The Morgan fingerprint density at radius 3 is 2.53 bits per heavy atom. The molecule has 0 bridgehead atoms. The molecule has 0 spiro atoms. The number of nitrogens with zero attached hydrogens (tertiary/aromatic N) is 3. The molecule has 0 saturated carbocycles. The van der Waals surface area contributed by atoms with Crippen LogP contribution in [0.1, 0.15) is 21.6 Å². The molecule has 8 heteroatoms. The van der Waals surface area contributed by atoms with Crippen molar-refractivity contribution >= 4 is 15.7 Å². The van der Waals surface area contributed by atoms with Crippen molar-refractivity contribution in [3.05, 3.63) is 65.4 Å². The molecule has 2 aromatic carbocycles. The molecule has 5 rings (SSSR count). The number of ether oxygens (including phenoxy) is 1. The van der Waals surface area contributed by atoms with Crippen LogP contribution in [0, 0.1) is 6.92 Å². The van der Waals surface area contributed by atoms with Gasteiger partial charge in [0.1, 0.15) is 0 Å². The second-order valence-corrected chi connectivity index (χ2v) is 9.54. The summed E-state index contributed by atoms with van der Waals surface area (Å²) in [7, 11) is -3.58. The summed E-state index contributed by atoms with van der Waals surface area (Å²) in [5.74, 6) is -0.494. The second kappa shape index (κ2) is 7.07. The van der Waals surface area contributed by atoms with Crippen molar-refractivity contribution in [2.45, 2.75) is 17.6 Å². The van der Waals surface area contributed by atoms with Gasteiger partial charge in [-0.15, -0.1) is 0 Å². The molecule has 0 unspecified atom stereocenters. The van der Waals surface area contributed by atoms with Gasteiger partial charge in [0.05, 0.1) is 35.2 Å². The maximum Gasteiger partial charge on any atom is 0.274 e. The molecule has 0 aliphatic carbocycles. The van der Waals surface area contributed by atoms with Gasteiger partial charge >= 0.3 is 0 Å². The smallest absolute Gasteiger partial charge is 0.274 e. The number of hydrogen-bond donors (Lipinski definition) is 0. The summed E-state index contributed by atoms with van der Waals surface area (Å²) in [5.41, 5.74) is 3.57. The summed E-state index contributed by atoms with van der Waals surface area (Å²) in [6.07, 6.45) is 0. The highest BCUT2D eigenvalue weighted by atomic mass is 32.2. The van der Waals surface area contributed by atoms with Crippen LogP contribution in [0.5, 0.6) is 0 Å². The normalized spacial score (nSPS) is 17.3. The zero-order valence-corrected chi connectivity index (χ0v) is 17.4. The molecule has 2 aliphatic rings. The number of aryl methyl sites for hydroxylation is 1. The third-order valence-corrected chi connectivity index (χ3v) is 7.22. The maximum atomic E-state index is 13.3. The average molecular weight is 423 g/mol. The summed E-state index contributed by atoms with van der Waals surface area (Å²) < 4.78 is 33.3. The first kappa shape index (κ1) is 19.0. The minimum absolute atomic E-state index is 0.200. The zero-order valence-electron chi connectivity index (χ0n) is 16.5. The van der Waals surface area contributed by atoms with Gasteiger partial charge in [-0.1, -0.05) is 30.3 Å². The van der Waals surface area contributed by atoms with Crippen molar-refractivity contribution in [3.8, 4) is 16.9 Å². The van der Waals surface area contributed by atoms with E-state index in [-0.39, 0.29) is 22.2 Å². The number of carbonyl (C=O) groups is 1. The van der Waals surface area contributed by atoms with Gasteiger partial charge < -0.3 is 9.64 Å². The van der Waals surface area contributed by atoms with Crippen LogP contribution in [0.3, 0.4) is 0 Å². The van der Waals surface area contributed by atoms with Crippen LogP contribution in [-0.4, -0.2) is 55.3 Å². The molecular formula is C22H21N3O4S. The van der Waals surface area contributed by atoms with Crippen molar-refractivity contribution in [3.63, 3.8) is 0 Å². The van der Waals surface area contributed by atoms with E-state index < -0.39 is 9.84 Å². The van der Waals surface area contributed by atoms with Crippen LogP contribution in [0.4, 0.5) is 0 Å². The largest absolute Gasteiger partial charge is 0.378 e. The molecule has 1 amide bonds. The monoisotopic (exact) mass is 423 g/mol. The first-order chi connectivity index (χ1) is 14.5. The number of carbonyl (C=O) groups excluding carboxylic acids is 1. The lowest BCUT2D eigenvalue weighted by Crippen LogP contribution is -2.41. The minimum atomic E-state index is -3.58. The molecule has 0 N–H and O–H groups in total. The maximum absolute atomic E-state index is 13.3. The van der Waals surface area contributed by atoms with Gasteiger partial charge in [0, 0.05) is 24.2 Å². The van der Waals surface area contributed by atoms with E-state index >= 15 is 0 Å². The van der Waals surface area contributed by atoms with E-state index in [1.54, 1.807) is 15.6 Å². The van der Waals surface area contributed by atoms with Crippen molar-refractivity contribution < 1.29 is 17.9 Å².